The quantitative estimate of drug-likeness (QED) is 0.117. The number of benzene rings is 3. The number of alkyl halides is 3. The van der Waals surface area contributed by atoms with Crippen molar-refractivity contribution in [3.8, 4) is 0 Å². The third-order valence-corrected chi connectivity index (χ3v) is 13.5. The average Bonchev–Trinajstić information content (AvgIpc) is 3.88. The second-order valence-corrected chi connectivity index (χ2v) is 17.9. The molecule has 3 aromatic carbocycles. The molecule has 0 radical (unpaired) electrons. The Kier molecular flexibility index (Phi) is 16.7. The number of anilines is 1. The van der Waals surface area contributed by atoms with Crippen LogP contribution in [0.25, 0.3) is 10.9 Å². The maximum absolute atomic E-state index is 15.8. The molecule has 1 amide bonds. The number of fused-ring (bicyclic) bond motifs is 4. The van der Waals surface area contributed by atoms with Crippen LogP contribution < -0.4 is 10.2 Å². The van der Waals surface area contributed by atoms with Crippen LogP contribution in [0.1, 0.15) is 93.2 Å². The van der Waals surface area contributed by atoms with Crippen LogP contribution in [0.4, 0.5) is 27.6 Å². The van der Waals surface area contributed by atoms with Gasteiger partial charge in [-0.15, -0.1) is 0 Å². The van der Waals surface area contributed by atoms with Crippen molar-refractivity contribution >= 4 is 47.6 Å². The first-order valence-electron chi connectivity index (χ1n) is 22.4. The minimum Gasteiger partial charge on any atom is -0.371 e. The molecular formula is C49H60F5N7O5. The van der Waals surface area contributed by atoms with E-state index >= 15 is 8.78 Å². The molecule has 0 saturated carbocycles. The minimum atomic E-state index is -4.49. The van der Waals surface area contributed by atoms with Crippen LogP contribution in [-0.2, 0) is 33.9 Å². The number of carbonyl (C=O) groups excluding carboxylic acids is 5. The number of nitrogens with one attached hydrogen (secondary N) is 2. The van der Waals surface area contributed by atoms with Gasteiger partial charge in [0.1, 0.15) is 30.5 Å². The number of halogens is 5. The van der Waals surface area contributed by atoms with Crippen LogP contribution in [0.15, 0.2) is 48.5 Å². The Labute approximate surface area is 382 Å². The molecule has 2 saturated heterocycles. The maximum Gasteiger partial charge on any atom is 0.401 e. The van der Waals surface area contributed by atoms with Gasteiger partial charge in [-0.1, -0.05) is 18.2 Å². The van der Waals surface area contributed by atoms with E-state index in [-0.39, 0.29) is 42.6 Å². The van der Waals surface area contributed by atoms with E-state index in [1.54, 1.807) is 12.1 Å². The number of piperidine rings is 2. The maximum atomic E-state index is 15.8. The molecular weight excluding hydrogens is 862 g/mol. The van der Waals surface area contributed by atoms with Gasteiger partial charge in [-0.25, -0.2) is 8.78 Å². The summed E-state index contributed by atoms with van der Waals surface area (Å²) in [6.45, 7) is 3.77. The Morgan fingerprint density at radius 3 is 2.12 bits per heavy atom. The van der Waals surface area contributed by atoms with Crippen molar-refractivity contribution in [3.05, 3.63) is 99.2 Å². The molecule has 12 nitrogen and oxygen atoms in total. The molecule has 5 heterocycles. The number of aromatic nitrogens is 1. The molecule has 0 bridgehead atoms. The molecule has 1 unspecified atom stereocenters. The Balaban J connectivity index is 0.000000223. The SMILES string of the molecule is CN(C(=O)c1cc2c(cc1C=O)CN(CC=O)C2)C(C=O)CCC=O.CN1CCC2(CC1)CCN(c1cc(F)c([C@@H]3c4[nH]c5ccccc5c4CCN3CC(F)(F)F)c(F)c1)CC2.CNC. The smallest absolute Gasteiger partial charge is 0.371 e. The fourth-order valence-electron chi connectivity index (χ4n) is 9.86. The number of para-hydroxylation sites is 1. The normalized spacial score (nSPS) is 18.9. The highest BCUT2D eigenvalue weighted by molar-refractivity contribution is 6.02. The predicted molar refractivity (Wildman–Crippen MR) is 243 cm³/mol. The lowest BCUT2D eigenvalue weighted by atomic mass is 9.71. The van der Waals surface area contributed by atoms with Crippen LogP contribution in [0.5, 0.6) is 0 Å². The summed E-state index contributed by atoms with van der Waals surface area (Å²) in [7, 11) is 7.36. The number of amides is 1. The molecule has 1 aromatic heterocycles. The lowest BCUT2D eigenvalue weighted by Gasteiger charge is -2.47. The van der Waals surface area contributed by atoms with Gasteiger partial charge in [-0.05, 0) is 125 Å². The average molecular weight is 922 g/mol. The fraction of sp³-hybridized carbons (Fsp3) is 0.490. The van der Waals surface area contributed by atoms with Crippen molar-refractivity contribution in [1.29, 1.82) is 0 Å². The highest BCUT2D eigenvalue weighted by atomic mass is 19.4. The van der Waals surface area contributed by atoms with Gasteiger partial charge in [-0.3, -0.25) is 19.4 Å². The number of nitrogens with zero attached hydrogens (tertiary/aromatic N) is 5. The van der Waals surface area contributed by atoms with E-state index in [0.29, 0.717) is 55.2 Å². The van der Waals surface area contributed by atoms with Crippen molar-refractivity contribution in [3.63, 3.8) is 0 Å². The third kappa shape index (κ3) is 11.4. The molecule has 8 rings (SSSR count). The van der Waals surface area contributed by atoms with E-state index in [1.165, 1.54) is 24.1 Å². The summed E-state index contributed by atoms with van der Waals surface area (Å²) < 4.78 is 72.2. The van der Waals surface area contributed by atoms with Gasteiger partial charge in [0, 0.05) is 79.6 Å². The lowest BCUT2D eigenvalue weighted by Crippen LogP contribution is -2.46. The number of hydrogen-bond donors (Lipinski definition) is 2. The van der Waals surface area contributed by atoms with Gasteiger partial charge >= 0.3 is 6.18 Å². The van der Waals surface area contributed by atoms with E-state index < -0.39 is 42.3 Å². The first-order chi connectivity index (χ1) is 31.6. The van der Waals surface area contributed by atoms with E-state index in [2.05, 4.69) is 22.2 Å². The number of aromatic amines is 1. The summed E-state index contributed by atoms with van der Waals surface area (Å²) in [6.07, 6.45) is 3.29. The van der Waals surface area contributed by atoms with Gasteiger partial charge < -0.3 is 39.4 Å². The second kappa shape index (κ2) is 22.0. The van der Waals surface area contributed by atoms with Gasteiger partial charge in [0.25, 0.3) is 5.91 Å². The Morgan fingerprint density at radius 1 is 0.909 bits per heavy atom. The largest absolute Gasteiger partial charge is 0.401 e. The van der Waals surface area contributed by atoms with E-state index in [0.717, 1.165) is 90.6 Å². The van der Waals surface area contributed by atoms with E-state index in [1.807, 2.05) is 48.2 Å². The highest BCUT2D eigenvalue weighted by Crippen LogP contribution is 2.45. The number of H-pyrrole nitrogens is 1. The van der Waals surface area contributed by atoms with E-state index in [9.17, 15) is 37.1 Å². The summed E-state index contributed by atoms with van der Waals surface area (Å²) in [4.78, 5) is 68.4. The summed E-state index contributed by atoms with van der Waals surface area (Å²) in [5, 5.41) is 3.63. The molecule has 1 spiro atoms. The topological polar surface area (TPSA) is 129 Å². The standard InChI is InChI=1S/C29H33F5N4.C18H20N2O5.C2H7N/c1-36-12-7-28(8-13-36)9-14-37(15-10-28)19-16-22(30)25(23(31)17-19)27-26-21(6-11-38(27)18-29(32,33)34)20-4-2-3-5-24(20)35-26;1-19(16(12-24)3-2-5-21)18(25)17-8-14-10-20(4-6-22)9-13(14)7-15(17)11-23;1-3-2/h2-5,16-17,27,35H,6-15,18H2,1H3;5-8,11-12,16H,2-4,9-10H2,1H3;3H,1-2H3/t27-;;/m1../s1. The monoisotopic (exact) mass is 921 g/mol. The van der Waals surface area contributed by atoms with Crippen molar-refractivity contribution < 1.29 is 45.9 Å². The molecule has 2 N–H and O–H groups in total. The highest BCUT2D eigenvalue weighted by Gasteiger charge is 2.42. The predicted octanol–water partition coefficient (Wildman–Crippen LogP) is 6.74. The third-order valence-electron chi connectivity index (χ3n) is 13.5. The van der Waals surface area contributed by atoms with Crippen molar-refractivity contribution in [2.45, 2.75) is 76.3 Å². The minimum absolute atomic E-state index is 0.0586. The number of rotatable bonds is 12. The zero-order valence-electron chi connectivity index (χ0n) is 38.1. The Hall–Kier alpha value is -5.36. The Bertz CT molecular complexity index is 2330. The molecule has 4 aromatic rings. The van der Waals surface area contributed by atoms with Crippen LogP contribution in [-0.4, -0.2) is 142 Å². The van der Waals surface area contributed by atoms with Gasteiger partial charge in [0.15, 0.2) is 6.29 Å². The zero-order valence-corrected chi connectivity index (χ0v) is 38.1. The molecule has 4 aliphatic rings. The number of likely N-dealkylation sites (tertiary alicyclic amines) is 1. The van der Waals surface area contributed by atoms with Crippen molar-refractivity contribution in [2.24, 2.45) is 5.41 Å². The lowest BCUT2D eigenvalue weighted by molar-refractivity contribution is -0.150. The first-order valence-corrected chi connectivity index (χ1v) is 22.4. The molecule has 2 fully saturated rings. The second-order valence-electron chi connectivity index (χ2n) is 17.9. The summed E-state index contributed by atoms with van der Waals surface area (Å²) in [6, 6.07) is 11.4. The molecule has 0 aliphatic carbocycles. The van der Waals surface area contributed by atoms with Gasteiger partial charge in [-0.2, -0.15) is 13.2 Å². The summed E-state index contributed by atoms with van der Waals surface area (Å²) in [5.41, 5.74) is 4.73. The first kappa shape index (κ1) is 50.1. The number of aldehydes is 4. The number of likely N-dealkylation sites (N-methyl/N-ethyl adjacent to an activating group) is 1. The van der Waals surface area contributed by atoms with Gasteiger partial charge in [0.2, 0.25) is 0 Å². The number of hydrogen-bond acceptors (Lipinski definition) is 10. The van der Waals surface area contributed by atoms with Crippen molar-refractivity contribution in [2.75, 3.05) is 78.9 Å². The Morgan fingerprint density at radius 2 is 1.53 bits per heavy atom. The summed E-state index contributed by atoms with van der Waals surface area (Å²) >= 11 is 0. The fourth-order valence-corrected chi connectivity index (χ4v) is 9.86. The van der Waals surface area contributed by atoms with Crippen LogP contribution >= 0.6 is 0 Å². The molecule has 4 aliphatic heterocycles. The van der Waals surface area contributed by atoms with E-state index in [4.69, 9.17) is 0 Å². The molecule has 66 heavy (non-hydrogen) atoms. The van der Waals surface area contributed by atoms with Crippen LogP contribution in [0.3, 0.4) is 0 Å². The molecule has 2 atom stereocenters. The zero-order chi connectivity index (χ0) is 47.8. The number of carbonyl (C=O) groups is 5. The van der Waals surface area contributed by atoms with Crippen LogP contribution in [0.2, 0.25) is 0 Å². The van der Waals surface area contributed by atoms with Crippen molar-refractivity contribution in [1.82, 2.24) is 29.9 Å². The molecule has 356 valence electrons. The van der Waals surface area contributed by atoms with Crippen LogP contribution in [0, 0.1) is 17.0 Å². The van der Waals surface area contributed by atoms with Gasteiger partial charge in [0.05, 0.1) is 30.7 Å². The summed E-state index contributed by atoms with van der Waals surface area (Å²) in [5.74, 6) is -2.05. The molecule has 17 heteroatoms.